The summed E-state index contributed by atoms with van der Waals surface area (Å²) in [6.45, 7) is 2.06. The van der Waals surface area contributed by atoms with E-state index in [1.807, 2.05) is 30.5 Å². The first-order valence-electron chi connectivity index (χ1n) is 5.73. The predicted molar refractivity (Wildman–Crippen MR) is 78.3 cm³/mol. The first-order chi connectivity index (χ1) is 8.65. The second-order valence-corrected chi connectivity index (χ2v) is 5.01. The van der Waals surface area contributed by atoms with Gasteiger partial charge in [0.1, 0.15) is 5.75 Å². The number of rotatable bonds is 3. The lowest BCUT2D eigenvalue weighted by molar-refractivity contribution is 0.475. The second-order valence-electron chi connectivity index (χ2n) is 4.10. The highest BCUT2D eigenvalue weighted by Crippen LogP contribution is 2.19. The second kappa shape index (κ2) is 5.83. The van der Waals surface area contributed by atoms with Gasteiger partial charge < -0.3 is 5.11 Å². The van der Waals surface area contributed by atoms with Gasteiger partial charge in [0, 0.05) is 10.7 Å². The van der Waals surface area contributed by atoms with Gasteiger partial charge in [0.05, 0.1) is 6.04 Å². The molecule has 2 aromatic carbocycles. The fraction of sp³-hybridized carbons (Fsp3) is 0.133. The molecular formula is C15H14BrNO. The van der Waals surface area contributed by atoms with E-state index in [0.717, 1.165) is 10.0 Å². The number of aliphatic imine (C=N–C) groups is 1. The average molecular weight is 304 g/mol. The first-order valence-corrected chi connectivity index (χ1v) is 6.52. The molecule has 18 heavy (non-hydrogen) atoms. The summed E-state index contributed by atoms with van der Waals surface area (Å²) in [5.74, 6) is 0.271. The summed E-state index contributed by atoms with van der Waals surface area (Å²) >= 11 is 3.41. The molecule has 2 rings (SSSR count). The van der Waals surface area contributed by atoms with Gasteiger partial charge in [-0.15, -0.1) is 0 Å². The third-order valence-electron chi connectivity index (χ3n) is 2.69. The fourth-order valence-corrected chi connectivity index (χ4v) is 1.85. The van der Waals surface area contributed by atoms with Crippen LogP contribution in [0.15, 0.2) is 58.0 Å². The zero-order valence-corrected chi connectivity index (χ0v) is 11.6. The maximum absolute atomic E-state index is 9.19. The zero-order valence-electron chi connectivity index (χ0n) is 10.0. The average Bonchev–Trinajstić information content (AvgIpc) is 2.38. The highest BCUT2D eigenvalue weighted by molar-refractivity contribution is 9.10. The van der Waals surface area contributed by atoms with Crippen LogP contribution in [0.2, 0.25) is 0 Å². The lowest BCUT2D eigenvalue weighted by Gasteiger charge is -2.06. The molecule has 0 aliphatic rings. The van der Waals surface area contributed by atoms with Crippen LogP contribution < -0.4 is 0 Å². The van der Waals surface area contributed by atoms with E-state index in [2.05, 4.69) is 40.0 Å². The third kappa shape index (κ3) is 3.44. The number of aromatic hydroxyl groups is 1. The number of hydrogen-bond donors (Lipinski definition) is 1. The van der Waals surface area contributed by atoms with Crippen LogP contribution in [0.1, 0.15) is 24.1 Å². The number of hydrogen-bond acceptors (Lipinski definition) is 2. The van der Waals surface area contributed by atoms with Gasteiger partial charge in [-0.1, -0.05) is 28.1 Å². The summed E-state index contributed by atoms with van der Waals surface area (Å²) in [5.41, 5.74) is 2.16. The van der Waals surface area contributed by atoms with Crippen LogP contribution in [0.5, 0.6) is 5.75 Å². The van der Waals surface area contributed by atoms with Crippen molar-refractivity contribution >= 4 is 22.1 Å². The summed E-state index contributed by atoms with van der Waals surface area (Å²) in [5, 5.41) is 9.19. The van der Waals surface area contributed by atoms with Crippen molar-refractivity contribution in [3.8, 4) is 5.75 Å². The third-order valence-corrected chi connectivity index (χ3v) is 3.22. The van der Waals surface area contributed by atoms with Crippen LogP contribution in [0.25, 0.3) is 0 Å². The molecule has 0 aromatic heterocycles. The van der Waals surface area contributed by atoms with E-state index in [9.17, 15) is 5.11 Å². The highest BCUT2D eigenvalue weighted by Gasteiger charge is 2.01. The summed E-state index contributed by atoms with van der Waals surface area (Å²) in [7, 11) is 0. The Hall–Kier alpha value is -1.61. The van der Waals surface area contributed by atoms with Gasteiger partial charge in [-0.25, -0.2) is 0 Å². The number of benzene rings is 2. The molecule has 0 aliphatic carbocycles. The molecule has 0 radical (unpaired) electrons. The van der Waals surface area contributed by atoms with Crippen molar-refractivity contribution in [2.24, 2.45) is 4.99 Å². The van der Waals surface area contributed by atoms with Crippen molar-refractivity contribution in [1.82, 2.24) is 0 Å². The minimum absolute atomic E-state index is 0.118. The van der Waals surface area contributed by atoms with E-state index in [-0.39, 0.29) is 11.8 Å². The van der Waals surface area contributed by atoms with Crippen LogP contribution >= 0.6 is 15.9 Å². The molecule has 0 spiro atoms. The maximum atomic E-state index is 9.19. The number of halogens is 1. The standard InChI is InChI=1S/C15H14BrNO/c1-11(13-4-6-14(16)7-5-13)17-10-12-2-8-15(18)9-3-12/h2-11,18H,1H3/b17-10+/t11-/m1/s1. The van der Waals surface area contributed by atoms with E-state index < -0.39 is 0 Å². The van der Waals surface area contributed by atoms with Crippen molar-refractivity contribution in [3.05, 3.63) is 64.1 Å². The van der Waals surface area contributed by atoms with Crippen molar-refractivity contribution in [2.45, 2.75) is 13.0 Å². The van der Waals surface area contributed by atoms with Crippen molar-refractivity contribution in [2.75, 3.05) is 0 Å². The monoisotopic (exact) mass is 303 g/mol. The van der Waals surface area contributed by atoms with E-state index in [1.165, 1.54) is 5.56 Å². The summed E-state index contributed by atoms with van der Waals surface area (Å²) in [6.07, 6.45) is 1.83. The molecule has 0 heterocycles. The minimum Gasteiger partial charge on any atom is -0.508 e. The Bertz CT molecular complexity index is 531. The van der Waals surface area contributed by atoms with Gasteiger partial charge in [-0.3, -0.25) is 4.99 Å². The first kappa shape index (κ1) is 12.8. The molecule has 2 nitrogen and oxygen atoms in total. The molecule has 2 aromatic rings. The van der Waals surface area contributed by atoms with Gasteiger partial charge >= 0.3 is 0 Å². The maximum Gasteiger partial charge on any atom is 0.115 e. The summed E-state index contributed by atoms with van der Waals surface area (Å²) in [6, 6.07) is 15.3. The minimum atomic E-state index is 0.118. The molecule has 92 valence electrons. The molecule has 1 N–H and O–H groups in total. The summed E-state index contributed by atoms with van der Waals surface area (Å²) < 4.78 is 1.07. The number of phenols is 1. The largest absolute Gasteiger partial charge is 0.508 e. The van der Waals surface area contributed by atoms with Crippen molar-refractivity contribution in [3.63, 3.8) is 0 Å². The molecule has 0 unspecified atom stereocenters. The van der Waals surface area contributed by atoms with Gasteiger partial charge in [0.15, 0.2) is 0 Å². The lowest BCUT2D eigenvalue weighted by Crippen LogP contribution is -1.90. The smallest absolute Gasteiger partial charge is 0.115 e. The Morgan fingerprint density at radius 1 is 1.06 bits per heavy atom. The van der Waals surface area contributed by atoms with Crippen LogP contribution in [0.3, 0.4) is 0 Å². The fourth-order valence-electron chi connectivity index (χ4n) is 1.59. The van der Waals surface area contributed by atoms with E-state index in [4.69, 9.17) is 0 Å². The molecule has 0 fully saturated rings. The lowest BCUT2D eigenvalue weighted by atomic mass is 10.1. The van der Waals surface area contributed by atoms with E-state index in [1.54, 1.807) is 12.1 Å². The van der Waals surface area contributed by atoms with Crippen molar-refractivity contribution < 1.29 is 5.11 Å². The Balaban J connectivity index is 2.08. The predicted octanol–water partition coefficient (Wildman–Crippen LogP) is 4.33. The molecule has 0 bridgehead atoms. The van der Waals surface area contributed by atoms with Crippen LogP contribution in [0, 0.1) is 0 Å². The molecule has 0 amide bonds. The Kier molecular flexibility index (Phi) is 4.15. The summed E-state index contributed by atoms with van der Waals surface area (Å²) in [4.78, 5) is 4.50. The molecule has 0 aliphatic heterocycles. The van der Waals surface area contributed by atoms with E-state index >= 15 is 0 Å². The SMILES string of the molecule is C[C@@H](/N=C/c1ccc(O)cc1)c1ccc(Br)cc1. The van der Waals surface area contributed by atoms with E-state index in [0.29, 0.717) is 0 Å². The van der Waals surface area contributed by atoms with Crippen molar-refractivity contribution in [1.29, 1.82) is 0 Å². The Morgan fingerprint density at radius 3 is 2.28 bits per heavy atom. The van der Waals surface area contributed by atoms with Gasteiger partial charge in [-0.05, 0) is 54.4 Å². The number of nitrogens with zero attached hydrogens (tertiary/aromatic N) is 1. The normalized spacial score (nSPS) is 12.8. The Morgan fingerprint density at radius 2 is 1.67 bits per heavy atom. The van der Waals surface area contributed by atoms with Crippen LogP contribution in [0.4, 0.5) is 0 Å². The number of phenolic OH excluding ortho intramolecular Hbond substituents is 1. The highest BCUT2D eigenvalue weighted by atomic mass is 79.9. The van der Waals surface area contributed by atoms with Gasteiger partial charge in [-0.2, -0.15) is 0 Å². The molecular weight excluding hydrogens is 290 g/mol. The molecule has 3 heteroatoms. The molecule has 0 saturated heterocycles. The van der Waals surface area contributed by atoms with Gasteiger partial charge in [0.2, 0.25) is 0 Å². The van der Waals surface area contributed by atoms with Gasteiger partial charge in [0.25, 0.3) is 0 Å². The molecule has 0 saturated carbocycles. The van der Waals surface area contributed by atoms with Crippen LogP contribution in [-0.4, -0.2) is 11.3 Å². The molecule has 1 atom stereocenters. The zero-order chi connectivity index (χ0) is 13.0. The van der Waals surface area contributed by atoms with Crippen LogP contribution in [-0.2, 0) is 0 Å². The Labute approximate surface area is 115 Å². The quantitative estimate of drug-likeness (QED) is 0.841. The topological polar surface area (TPSA) is 32.6 Å².